The zero-order valence-electron chi connectivity index (χ0n) is 51.9. The summed E-state index contributed by atoms with van der Waals surface area (Å²) in [4.78, 5) is 4.94. The molecule has 0 saturated heterocycles. The summed E-state index contributed by atoms with van der Waals surface area (Å²) >= 11 is 2.21. The Kier molecular flexibility index (Phi) is 8.90. The Morgan fingerprint density at radius 3 is 1.66 bits per heavy atom. The van der Waals surface area contributed by atoms with Crippen molar-refractivity contribution >= 4 is 54.6 Å². The summed E-state index contributed by atoms with van der Waals surface area (Å²) in [7, 11) is 0. The van der Waals surface area contributed by atoms with Crippen LogP contribution < -0.4 is 4.74 Å². The van der Waals surface area contributed by atoms with Crippen LogP contribution >= 0.6 is 0 Å². The molecule has 77 heavy (non-hydrogen) atoms. The van der Waals surface area contributed by atoms with Gasteiger partial charge in [-0.3, -0.25) is 0 Å². The van der Waals surface area contributed by atoms with Crippen LogP contribution in [-0.2, 0) is 24.8 Å². The van der Waals surface area contributed by atoms with Crippen LogP contribution in [0.25, 0.3) is 111 Å². The molecule has 7 heteroatoms. The van der Waals surface area contributed by atoms with Crippen LogP contribution in [0.3, 0.4) is 0 Å². The molecule has 6 nitrogen and oxygen atoms in total. The van der Waals surface area contributed by atoms with Gasteiger partial charge in [-0.05, 0) is 28.2 Å². The van der Waals surface area contributed by atoms with Gasteiger partial charge in [-0.2, -0.15) is 0 Å². The molecule has 0 atom stereocenters. The fourth-order valence-corrected chi connectivity index (χ4v) is 12.0. The third kappa shape index (κ3) is 7.98. The Balaban J connectivity index is 0.999. The molecule has 0 aliphatic heterocycles. The number of fused-ring (bicyclic) bond motifs is 7. The van der Waals surface area contributed by atoms with E-state index >= 15 is 0 Å². The molecule has 10 aromatic carbocycles. The number of ether oxygens (including phenoxy) is 1. The Hall–Kier alpha value is -9.09. The average molecular weight is 1180 g/mol. The fraction of sp³-hybridized carbons (Fsp3) is 0.0571. The molecule has 0 aliphatic carbocycles. The van der Waals surface area contributed by atoms with Crippen LogP contribution in [0.5, 0.6) is 11.5 Å². The number of para-hydroxylation sites is 4. The molecular weight excluding hydrogens is 1120 g/mol. The van der Waals surface area contributed by atoms with E-state index in [-0.39, 0.29) is 33.4 Å². The zero-order valence-corrected chi connectivity index (χ0v) is 44.2. The molecule has 0 fully saturated rings. The normalized spacial score (nSPS) is 13.7. The molecule has 0 amide bonds. The van der Waals surface area contributed by atoms with Crippen LogP contribution in [0.15, 0.2) is 255 Å². The fourth-order valence-electron chi connectivity index (χ4n) is 10.9. The van der Waals surface area contributed by atoms with Gasteiger partial charge < -0.3 is 0 Å². The summed E-state index contributed by atoms with van der Waals surface area (Å²) in [6.45, 7) is 6.57. The number of benzene rings is 10. The first-order chi connectivity index (χ1) is 41.9. The predicted molar refractivity (Wildman–Crippen MR) is 314 cm³/mol. The van der Waals surface area contributed by atoms with Gasteiger partial charge in [0, 0.05) is 6.20 Å². The topological polar surface area (TPSA) is 41.8 Å². The summed E-state index contributed by atoms with van der Waals surface area (Å²) in [6, 6.07) is 56.3. The summed E-state index contributed by atoms with van der Waals surface area (Å²) in [5.74, 6) is 1.88. The number of nitrogens with zero attached hydrogens (tertiary/aromatic N) is 5. The second-order valence-corrected chi connectivity index (χ2v) is 21.0. The quantitative estimate of drug-likeness (QED) is 0.145. The minimum atomic E-state index is -0.580. The van der Waals surface area contributed by atoms with E-state index in [1.165, 1.54) is 0 Å². The molecular formula is C70H51N5OPt. The summed E-state index contributed by atoms with van der Waals surface area (Å²) < 4.78 is 107. The van der Waals surface area contributed by atoms with Crippen LogP contribution in [-0.4, -0.2) is 23.3 Å². The molecule has 4 aromatic heterocycles. The zero-order chi connectivity index (χ0) is 60.5. The molecule has 0 N–H and O–H groups in total. The molecule has 14 aromatic rings. The van der Waals surface area contributed by atoms with Gasteiger partial charge in [-0.15, -0.1) is 0 Å². The molecule has 0 spiro atoms. The van der Waals surface area contributed by atoms with Crippen molar-refractivity contribution < 1.29 is 37.8 Å². The predicted octanol–water partition coefficient (Wildman–Crippen LogP) is 18.2. The van der Waals surface area contributed by atoms with E-state index in [1.807, 2.05) is 147 Å². The molecule has 0 radical (unpaired) electrons. The maximum atomic E-state index is 9.59. The monoisotopic (exact) mass is 1180 g/mol. The SMILES string of the molecule is [2H]c1c([2H])c([2H])c(-c2cc(-n3c4ccccc4c4ccccc43)cc(-c3c([2H])c([2H])c([2H])c([2H])c3[2H])c2-n2[c](=[Pt])n(-c3cccc(Oc4ccc5c6cc(-c7ccccc7)ccc6n(-c6cc(C(C)(C)C)ccn6)c5c4)c3)c3ccccc32)c([2H])c1[2H]. The first kappa shape index (κ1) is 36.8. The van der Waals surface area contributed by atoms with Crippen LogP contribution in [0.2, 0.25) is 0 Å². The minimum absolute atomic E-state index is 0.128. The van der Waals surface area contributed by atoms with E-state index in [9.17, 15) is 5.48 Å². The van der Waals surface area contributed by atoms with E-state index in [2.05, 4.69) is 93.2 Å². The molecule has 14 rings (SSSR count). The maximum absolute atomic E-state index is 9.59. The Morgan fingerprint density at radius 1 is 0.416 bits per heavy atom. The van der Waals surface area contributed by atoms with Crippen LogP contribution in [0.1, 0.15) is 40.0 Å². The van der Waals surface area contributed by atoms with E-state index in [0.717, 1.165) is 66.1 Å². The Morgan fingerprint density at radius 2 is 1.00 bits per heavy atom. The third-order valence-corrected chi connectivity index (χ3v) is 15.4. The number of aromatic nitrogens is 5. The molecule has 372 valence electrons. The van der Waals surface area contributed by atoms with E-state index < -0.39 is 60.4 Å². The van der Waals surface area contributed by atoms with Crippen molar-refractivity contribution in [2.24, 2.45) is 0 Å². The third-order valence-electron chi connectivity index (χ3n) is 14.4. The Labute approximate surface area is 471 Å². The number of hydrogen-bond donors (Lipinski definition) is 0. The van der Waals surface area contributed by atoms with E-state index in [0.29, 0.717) is 37.7 Å². The van der Waals surface area contributed by atoms with Gasteiger partial charge in [0.1, 0.15) is 0 Å². The average Bonchev–Trinajstić information content (AvgIpc) is 1.76. The number of rotatable bonds is 9. The Bertz CT molecular complexity index is 5090. The number of imidazole rings is 1. The summed E-state index contributed by atoms with van der Waals surface area (Å²) in [5.41, 5.74) is 9.34. The van der Waals surface area contributed by atoms with Gasteiger partial charge in [-0.25, -0.2) is 0 Å². The first-order valence-corrected chi connectivity index (χ1v) is 26.4. The molecule has 0 saturated carbocycles. The number of pyridine rings is 1. The van der Waals surface area contributed by atoms with Crippen molar-refractivity contribution in [3.8, 4) is 67.8 Å². The van der Waals surface area contributed by atoms with Crippen LogP contribution in [0, 0.1) is 3.80 Å². The molecule has 0 bridgehead atoms. The van der Waals surface area contributed by atoms with Crippen molar-refractivity contribution in [2.45, 2.75) is 26.2 Å². The van der Waals surface area contributed by atoms with Gasteiger partial charge in [0.2, 0.25) is 0 Å². The van der Waals surface area contributed by atoms with Crippen molar-refractivity contribution in [3.05, 3.63) is 264 Å². The molecule has 0 unspecified atom stereocenters. The number of hydrogen-bond acceptors (Lipinski definition) is 2. The second kappa shape index (κ2) is 18.6. The van der Waals surface area contributed by atoms with Gasteiger partial charge in [0.05, 0.1) is 0 Å². The van der Waals surface area contributed by atoms with E-state index in [4.69, 9.17) is 17.9 Å². The van der Waals surface area contributed by atoms with Gasteiger partial charge >= 0.3 is 382 Å². The van der Waals surface area contributed by atoms with Crippen molar-refractivity contribution in [1.29, 1.82) is 0 Å². The van der Waals surface area contributed by atoms with Crippen molar-refractivity contribution in [2.75, 3.05) is 0 Å². The van der Waals surface area contributed by atoms with Gasteiger partial charge in [0.15, 0.2) is 0 Å². The molecule has 0 aliphatic rings. The first-order valence-electron chi connectivity index (χ1n) is 30.3. The van der Waals surface area contributed by atoms with Crippen molar-refractivity contribution in [1.82, 2.24) is 23.3 Å². The van der Waals surface area contributed by atoms with Gasteiger partial charge in [-0.1, -0.05) is 57.2 Å². The van der Waals surface area contributed by atoms with Gasteiger partial charge in [0.25, 0.3) is 0 Å². The van der Waals surface area contributed by atoms with E-state index in [1.54, 1.807) is 12.1 Å². The summed E-state index contributed by atoms with van der Waals surface area (Å²) in [6.07, 6.45) is 1.86. The standard InChI is InChI=1S/C70H51N5O.Pt/c1-70(2,3)51-38-39-71-68(41-51)75-64-37-34-50(47-20-7-4-8-21-47)40-61(64)58-36-35-55(45-67(58)75)76-54-27-19-26-52(42-54)72-46-73(66-33-18-17-32-65(66)72)69-59(48-22-9-5-10-23-48)43-53(44-60(69)49-24-11-6-12-25-49)74-62-30-15-13-28-56(62)57-29-14-16-31-63(57)74;/h4-45H,1-3H3;/i5D,6D,9D,10D,11D,12D,22D,23D,24D,25D;. The second-order valence-electron chi connectivity index (χ2n) is 20.0. The van der Waals surface area contributed by atoms with Crippen molar-refractivity contribution in [3.63, 3.8) is 0 Å². The molecule has 4 heterocycles. The summed E-state index contributed by atoms with van der Waals surface area (Å²) in [5, 5.41) is 3.93. The van der Waals surface area contributed by atoms with Crippen LogP contribution in [0.4, 0.5) is 0 Å².